The van der Waals surface area contributed by atoms with Gasteiger partial charge in [-0.1, -0.05) is 32.0 Å². The van der Waals surface area contributed by atoms with E-state index in [0.29, 0.717) is 5.92 Å². The first-order valence-corrected chi connectivity index (χ1v) is 6.05. The van der Waals surface area contributed by atoms with Gasteiger partial charge in [0.25, 0.3) is 5.91 Å². The summed E-state index contributed by atoms with van der Waals surface area (Å²) in [6.45, 7) is 6.37. The van der Waals surface area contributed by atoms with E-state index < -0.39 is 0 Å². The van der Waals surface area contributed by atoms with E-state index >= 15 is 0 Å². The molecule has 0 aliphatic carbocycles. The molecule has 0 heterocycles. The second-order valence-corrected chi connectivity index (χ2v) is 4.70. The predicted molar refractivity (Wildman–Crippen MR) is 69.0 cm³/mol. The molecule has 1 atom stereocenters. The lowest BCUT2D eigenvalue weighted by Crippen LogP contribution is -2.36. The minimum Gasteiger partial charge on any atom is -0.484 e. The molecular formula is C14H21NO2. The van der Waals surface area contributed by atoms with Gasteiger partial charge in [0.15, 0.2) is 6.61 Å². The van der Waals surface area contributed by atoms with Crippen molar-refractivity contribution in [3.63, 3.8) is 0 Å². The van der Waals surface area contributed by atoms with Crippen LogP contribution in [0, 0.1) is 5.92 Å². The smallest absolute Gasteiger partial charge is 0.258 e. The summed E-state index contributed by atoms with van der Waals surface area (Å²) in [7, 11) is 0. The topological polar surface area (TPSA) is 38.3 Å². The van der Waals surface area contributed by atoms with Crippen LogP contribution >= 0.6 is 0 Å². The van der Waals surface area contributed by atoms with E-state index in [2.05, 4.69) is 19.2 Å². The monoisotopic (exact) mass is 235 g/mol. The van der Waals surface area contributed by atoms with Crippen LogP contribution in [0.2, 0.25) is 0 Å². The maximum Gasteiger partial charge on any atom is 0.258 e. The first-order chi connectivity index (χ1) is 8.08. The molecule has 1 aromatic rings. The number of rotatable bonds is 6. The molecule has 94 valence electrons. The van der Waals surface area contributed by atoms with Gasteiger partial charge in [-0.15, -0.1) is 0 Å². The number of hydrogen-bond donors (Lipinski definition) is 1. The summed E-state index contributed by atoms with van der Waals surface area (Å²) in [6, 6.07) is 9.55. The summed E-state index contributed by atoms with van der Waals surface area (Å²) >= 11 is 0. The Labute approximate surface area is 103 Å². The van der Waals surface area contributed by atoms with Crippen molar-refractivity contribution in [3.8, 4) is 5.75 Å². The fourth-order valence-electron chi connectivity index (χ4n) is 1.75. The number of amides is 1. The molecule has 0 saturated carbocycles. The fourth-order valence-corrected chi connectivity index (χ4v) is 1.75. The molecule has 0 saturated heterocycles. The lowest BCUT2D eigenvalue weighted by molar-refractivity contribution is -0.123. The summed E-state index contributed by atoms with van der Waals surface area (Å²) in [4.78, 5) is 11.6. The van der Waals surface area contributed by atoms with Gasteiger partial charge in [-0.2, -0.15) is 0 Å². The van der Waals surface area contributed by atoms with Gasteiger partial charge in [-0.3, -0.25) is 4.79 Å². The molecule has 0 spiro atoms. The SMILES string of the molecule is CC(C)C[C@H](C)NC(=O)COc1ccccc1. The third-order valence-corrected chi connectivity index (χ3v) is 2.35. The van der Waals surface area contributed by atoms with Crippen LogP contribution < -0.4 is 10.1 Å². The molecule has 0 aliphatic rings. The molecule has 3 heteroatoms. The van der Waals surface area contributed by atoms with E-state index in [9.17, 15) is 4.79 Å². The highest BCUT2D eigenvalue weighted by Gasteiger charge is 2.09. The third-order valence-electron chi connectivity index (χ3n) is 2.35. The highest BCUT2D eigenvalue weighted by Crippen LogP contribution is 2.08. The Balaban J connectivity index is 2.26. The quantitative estimate of drug-likeness (QED) is 0.823. The van der Waals surface area contributed by atoms with Crippen LogP contribution in [0.4, 0.5) is 0 Å². The number of para-hydroxylation sites is 1. The molecule has 1 aromatic carbocycles. The summed E-state index contributed by atoms with van der Waals surface area (Å²) in [5, 5.41) is 2.92. The van der Waals surface area contributed by atoms with Crippen LogP contribution in [0.15, 0.2) is 30.3 Å². The molecular weight excluding hydrogens is 214 g/mol. The normalized spacial score (nSPS) is 12.2. The van der Waals surface area contributed by atoms with Gasteiger partial charge in [0.05, 0.1) is 0 Å². The van der Waals surface area contributed by atoms with Gasteiger partial charge in [-0.25, -0.2) is 0 Å². The standard InChI is InChI=1S/C14H21NO2/c1-11(2)9-12(3)15-14(16)10-17-13-7-5-4-6-8-13/h4-8,11-12H,9-10H2,1-3H3,(H,15,16)/t12-/m0/s1. The molecule has 0 radical (unpaired) electrons. The van der Waals surface area contributed by atoms with Gasteiger partial charge in [0.1, 0.15) is 5.75 Å². The van der Waals surface area contributed by atoms with Crippen molar-refractivity contribution in [2.75, 3.05) is 6.61 Å². The predicted octanol–water partition coefficient (Wildman–Crippen LogP) is 2.62. The van der Waals surface area contributed by atoms with Crippen LogP contribution in [0.1, 0.15) is 27.2 Å². The second kappa shape index (κ2) is 6.94. The zero-order valence-corrected chi connectivity index (χ0v) is 10.8. The molecule has 1 amide bonds. The number of benzene rings is 1. The molecule has 0 aliphatic heterocycles. The number of ether oxygens (including phenoxy) is 1. The average molecular weight is 235 g/mol. The Morgan fingerprint density at radius 1 is 1.24 bits per heavy atom. The third kappa shape index (κ3) is 5.95. The first-order valence-electron chi connectivity index (χ1n) is 6.05. The van der Waals surface area contributed by atoms with E-state index in [-0.39, 0.29) is 18.6 Å². The van der Waals surface area contributed by atoms with Gasteiger partial charge in [0.2, 0.25) is 0 Å². The number of hydrogen-bond acceptors (Lipinski definition) is 2. The molecule has 17 heavy (non-hydrogen) atoms. The van der Waals surface area contributed by atoms with Crippen LogP contribution in [-0.4, -0.2) is 18.6 Å². The Morgan fingerprint density at radius 2 is 1.88 bits per heavy atom. The Bertz CT molecular complexity index is 335. The van der Waals surface area contributed by atoms with E-state index in [0.717, 1.165) is 12.2 Å². The van der Waals surface area contributed by atoms with Crippen molar-refractivity contribution in [3.05, 3.63) is 30.3 Å². The molecule has 1 rings (SSSR count). The zero-order valence-electron chi connectivity index (χ0n) is 10.8. The van der Waals surface area contributed by atoms with Crippen LogP contribution in [0.3, 0.4) is 0 Å². The van der Waals surface area contributed by atoms with Gasteiger partial charge in [0, 0.05) is 6.04 Å². The van der Waals surface area contributed by atoms with Crippen molar-refractivity contribution in [2.24, 2.45) is 5.92 Å². The minimum absolute atomic E-state index is 0.0676. The zero-order chi connectivity index (χ0) is 12.7. The van der Waals surface area contributed by atoms with Crippen LogP contribution in [-0.2, 0) is 4.79 Å². The number of carbonyl (C=O) groups is 1. The highest BCUT2D eigenvalue weighted by molar-refractivity contribution is 5.77. The Hall–Kier alpha value is -1.51. The van der Waals surface area contributed by atoms with Gasteiger partial charge >= 0.3 is 0 Å². The second-order valence-electron chi connectivity index (χ2n) is 4.70. The molecule has 3 nitrogen and oxygen atoms in total. The summed E-state index contributed by atoms with van der Waals surface area (Å²) in [5.74, 6) is 1.24. The maximum atomic E-state index is 11.6. The van der Waals surface area contributed by atoms with Crippen molar-refractivity contribution < 1.29 is 9.53 Å². The highest BCUT2D eigenvalue weighted by atomic mass is 16.5. The Morgan fingerprint density at radius 3 is 2.47 bits per heavy atom. The van der Waals surface area contributed by atoms with Crippen molar-refractivity contribution in [2.45, 2.75) is 33.2 Å². The lowest BCUT2D eigenvalue weighted by atomic mass is 10.1. The van der Waals surface area contributed by atoms with Crippen molar-refractivity contribution in [1.82, 2.24) is 5.32 Å². The van der Waals surface area contributed by atoms with E-state index in [4.69, 9.17) is 4.74 Å². The molecule has 0 bridgehead atoms. The lowest BCUT2D eigenvalue weighted by Gasteiger charge is -2.16. The summed E-state index contributed by atoms with van der Waals surface area (Å²) < 4.78 is 5.36. The molecule has 0 fully saturated rings. The van der Waals surface area contributed by atoms with Crippen LogP contribution in [0.25, 0.3) is 0 Å². The molecule has 0 aromatic heterocycles. The van der Waals surface area contributed by atoms with E-state index in [1.165, 1.54) is 0 Å². The van der Waals surface area contributed by atoms with E-state index in [1.54, 1.807) is 0 Å². The molecule has 1 N–H and O–H groups in total. The van der Waals surface area contributed by atoms with Gasteiger partial charge < -0.3 is 10.1 Å². The molecule has 0 unspecified atom stereocenters. The maximum absolute atomic E-state index is 11.6. The van der Waals surface area contributed by atoms with Gasteiger partial charge in [-0.05, 0) is 31.4 Å². The Kier molecular flexibility index (Phi) is 5.53. The fraction of sp³-hybridized carbons (Fsp3) is 0.500. The summed E-state index contributed by atoms with van der Waals surface area (Å²) in [6.07, 6.45) is 0.983. The van der Waals surface area contributed by atoms with Crippen molar-refractivity contribution in [1.29, 1.82) is 0 Å². The largest absolute Gasteiger partial charge is 0.484 e. The van der Waals surface area contributed by atoms with Crippen molar-refractivity contribution >= 4 is 5.91 Å². The average Bonchev–Trinajstić information content (AvgIpc) is 2.26. The van der Waals surface area contributed by atoms with E-state index in [1.807, 2.05) is 37.3 Å². The number of carbonyl (C=O) groups excluding carboxylic acids is 1. The first kappa shape index (κ1) is 13.6. The van der Waals surface area contributed by atoms with Crippen LogP contribution in [0.5, 0.6) is 5.75 Å². The minimum atomic E-state index is -0.0676. The number of nitrogens with one attached hydrogen (secondary N) is 1. The summed E-state index contributed by atoms with van der Waals surface area (Å²) in [5.41, 5.74) is 0.